The molecular formula is C21H27N5O2. The lowest BCUT2D eigenvalue weighted by atomic mass is 10.2. The Balaban J connectivity index is 1.44. The summed E-state index contributed by atoms with van der Waals surface area (Å²) in [5.41, 5.74) is 2.70. The van der Waals surface area contributed by atoms with E-state index in [2.05, 4.69) is 25.2 Å². The van der Waals surface area contributed by atoms with Crippen molar-refractivity contribution in [3.05, 3.63) is 35.3 Å². The number of nitrogens with zero attached hydrogens (tertiary/aromatic N) is 4. The SMILES string of the molecule is Cc1nc(N2CCCC2)nc(C)c1NC(=O)c1ccc(OC2CCCC2)nc1. The second kappa shape index (κ2) is 8.12. The number of anilines is 2. The first-order valence-electron chi connectivity index (χ1n) is 10.1. The number of aryl methyl sites for hydroxylation is 2. The quantitative estimate of drug-likeness (QED) is 0.851. The first-order valence-corrected chi connectivity index (χ1v) is 10.1. The van der Waals surface area contributed by atoms with Crippen molar-refractivity contribution in [2.45, 2.75) is 58.5 Å². The zero-order valence-corrected chi connectivity index (χ0v) is 16.6. The van der Waals surface area contributed by atoms with Crippen LogP contribution in [0.15, 0.2) is 18.3 Å². The largest absolute Gasteiger partial charge is 0.474 e. The van der Waals surface area contributed by atoms with Gasteiger partial charge in [0, 0.05) is 25.4 Å². The molecule has 0 spiro atoms. The van der Waals surface area contributed by atoms with Crippen LogP contribution in [0.1, 0.15) is 60.3 Å². The minimum atomic E-state index is -0.219. The molecule has 7 heteroatoms. The molecule has 28 heavy (non-hydrogen) atoms. The summed E-state index contributed by atoms with van der Waals surface area (Å²) in [7, 11) is 0. The lowest BCUT2D eigenvalue weighted by Gasteiger charge is -2.18. The lowest BCUT2D eigenvalue weighted by molar-refractivity contribution is 0.102. The predicted molar refractivity (Wildman–Crippen MR) is 108 cm³/mol. The van der Waals surface area contributed by atoms with Crippen molar-refractivity contribution in [2.24, 2.45) is 0 Å². The molecule has 2 fully saturated rings. The van der Waals surface area contributed by atoms with Crippen LogP contribution >= 0.6 is 0 Å². The molecule has 2 aliphatic rings. The highest BCUT2D eigenvalue weighted by Crippen LogP contribution is 2.25. The molecule has 1 aliphatic carbocycles. The van der Waals surface area contributed by atoms with Gasteiger partial charge in [0.2, 0.25) is 11.8 Å². The highest BCUT2D eigenvalue weighted by Gasteiger charge is 2.20. The summed E-state index contributed by atoms with van der Waals surface area (Å²) in [5, 5.41) is 2.94. The molecule has 1 aliphatic heterocycles. The number of pyridine rings is 1. The van der Waals surface area contributed by atoms with Gasteiger partial charge in [-0.25, -0.2) is 15.0 Å². The van der Waals surface area contributed by atoms with Crippen LogP contribution in [0.2, 0.25) is 0 Å². The Bertz CT molecular complexity index is 817. The van der Waals surface area contributed by atoms with Crippen LogP contribution in [-0.2, 0) is 0 Å². The average molecular weight is 381 g/mol. The van der Waals surface area contributed by atoms with Crippen LogP contribution in [0.3, 0.4) is 0 Å². The Labute approximate surface area is 165 Å². The highest BCUT2D eigenvalue weighted by molar-refractivity contribution is 6.04. The minimum Gasteiger partial charge on any atom is -0.474 e. The van der Waals surface area contributed by atoms with Crippen LogP contribution in [0, 0.1) is 13.8 Å². The number of nitrogens with one attached hydrogen (secondary N) is 1. The van der Waals surface area contributed by atoms with Crippen molar-refractivity contribution in [2.75, 3.05) is 23.3 Å². The Morgan fingerprint density at radius 1 is 1.07 bits per heavy atom. The number of amides is 1. The number of hydrogen-bond donors (Lipinski definition) is 1. The standard InChI is InChI=1S/C21H27N5O2/c1-14-19(15(2)24-21(23-14)26-11-5-6-12-26)25-20(27)16-9-10-18(22-13-16)28-17-7-3-4-8-17/h9-10,13,17H,3-8,11-12H2,1-2H3,(H,25,27). The van der Waals surface area contributed by atoms with Gasteiger partial charge in [-0.2, -0.15) is 0 Å². The molecule has 148 valence electrons. The number of ether oxygens (including phenoxy) is 1. The van der Waals surface area contributed by atoms with Gasteiger partial charge < -0.3 is 15.0 Å². The highest BCUT2D eigenvalue weighted by atomic mass is 16.5. The van der Waals surface area contributed by atoms with Gasteiger partial charge in [0.1, 0.15) is 6.10 Å². The van der Waals surface area contributed by atoms with Gasteiger partial charge in [-0.05, 0) is 58.4 Å². The van der Waals surface area contributed by atoms with Crippen molar-refractivity contribution in [1.82, 2.24) is 15.0 Å². The molecule has 0 radical (unpaired) electrons. The summed E-state index contributed by atoms with van der Waals surface area (Å²) < 4.78 is 5.86. The third-order valence-electron chi connectivity index (χ3n) is 5.47. The Kier molecular flexibility index (Phi) is 5.41. The summed E-state index contributed by atoms with van der Waals surface area (Å²) in [5.74, 6) is 1.11. The van der Waals surface area contributed by atoms with Crippen LogP contribution in [0.25, 0.3) is 0 Å². The maximum absolute atomic E-state index is 12.7. The second-order valence-electron chi connectivity index (χ2n) is 7.63. The maximum Gasteiger partial charge on any atom is 0.257 e. The van der Waals surface area contributed by atoms with Gasteiger partial charge in [0.05, 0.1) is 22.6 Å². The van der Waals surface area contributed by atoms with Gasteiger partial charge in [-0.1, -0.05) is 0 Å². The molecule has 7 nitrogen and oxygen atoms in total. The third-order valence-corrected chi connectivity index (χ3v) is 5.47. The summed E-state index contributed by atoms with van der Waals surface area (Å²) >= 11 is 0. The maximum atomic E-state index is 12.7. The van der Waals surface area contributed by atoms with E-state index >= 15 is 0 Å². The fourth-order valence-electron chi connectivity index (χ4n) is 3.89. The van der Waals surface area contributed by atoms with Crippen molar-refractivity contribution in [1.29, 1.82) is 0 Å². The van der Waals surface area contributed by atoms with E-state index in [1.54, 1.807) is 18.3 Å². The van der Waals surface area contributed by atoms with E-state index in [0.29, 0.717) is 17.1 Å². The van der Waals surface area contributed by atoms with E-state index in [4.69, 9.17) is 4.74 Å². The molecule has 0 bridgehead atoms. The van der Waals surface area contributed by atoms with Crippen molar-refractivity contribution in [3.63, 3.8) is 0 Å². The third kappa shape index (κ3) is 4.08. The average Bonchev–Trinajstić information content (AvgIpc) is 3.39. The van der Waals surface area contributed by atoms with Gasteiger partial charge in [-0.15, -0.1) is 0 Å². The molecule has 1 amide bonds. The summed E-state index contributed by atoms with van der Waals surface area (Å²) in [4.78, 5) is 28.3. The number of carbonyl (C=O) groups excluding carboxylic acids is 1. The molecular weight excluding hydrogens is 354 g/mol. The number of rotatable bonds is 5. The zero-order chi connectivity index (χ0) is 19.5. The van der Waals surface area contributed by atoms with Crippen LogP contribution in [0.4, 0.5) is 11.6 Å². The van der Waals surface area contributed by atoms with Crippen LogP contribution in [-0.4, -0.2) is 40.1 Å². The zero-order valence-electron chi connectivity index (χ0n) is 16.6. The summed E-state index contributed by atoms with van der Waals surface area (Å²) in [6.07, 6.45) is 8.74. The van der Waals surface area contributed by atoms with E-state index in [-0.39, 0.29) is 12.0 Å². The molecule has 3 heterocycles. The number of aromatic nitrogens is 3. The van der Waals surface area contributed by atoms with Crippen LogP contribution in [0.5, 0.6) is 5.88 Å². The normalized spacial score (nSPS) is 17.1. The van der Waals surface area contributed by atoms with E-state index in [0.717, 1.165) is 43.3 Å². The Morgan fingerprint density at radius 3 is 2.36 bits per heavy atom. The second-order valence-corrected chi connectivity index (χ2v) is 7.63. The topological polar surface area (TPSA) is 80.2 Å². The predicted octanol–water partition coefficient (Wildman–Crippen LogP) is 3.66. The van der Waals surface area contributed by atoms with Gasteiger partial charge in [0.15, 0.2) is 0 Å². The number of carbonyl (C=O) groups is 1. The molecule has 0 atom stereocenters. The fourth-order valence-corrected chi connectivity index (χ4v) is 3.89. The fraction of sp³-hybridized carbons (Fsp3) is 0.524. The van der Waals surface area contributed by atoms with Gasteiger partial charge >= 0.3 is 0 Å². The van der Waals surface area contributed by atoms with Gasteiger partial charge in [-0.3, -0.25) is 4.79 Å². The van der Waals surface area contributed by atoms with Gasteiger partial charge in [0.25, 0.3) is 5.91 Å². The van der Waals surface area contributed by atoms with E-state index in [1.165, 1.54) is 25.7 Å². The van der Waals surface area contributed by atoms with Crippen molar-refractivity contribution >= 4 is 17.5 Å². The van der Waals surface area contributed by atoms with Crippen molar-refractivity contribution in [3.8, 4) is 5.88 Å². The molecule has 1 saturated heterocycles. The molecule has 0 unspecified atom stereocenters. The van der Waals surface area contributed by atoms with E-state index < -0.39 is 0 Å². The number of hydrogen-bond acceptors (Lipinski definition) is 6. The Hall–Kier alpha value is -2.70. The lowest BCUT2D eigenvalue weighted by Crippen LogP contribution is -2.22. The van der Waals surface area contributed by atoms with Crippen LogP contribution < -0.4 is 15.0 Å². The Morgan fingerprint density at radius 2 is 1.75 bits per heavy atom. The molecule has 2 aromatic rings. The molecule has 0 aromatic carbocycles. The van der Waals surface area contributed by atoms with E-state index in [9.17, 15) is 4.79 Å². The first-order chi connectivity index (χ1) is 13.6. The molecule has 2 aromatic heterocycles. The smallest absolute Gasteiger partial charge is 0.257 e. The summed E-state index contributed by atoms with van der Waals surface area (Å²) in [6, 6.07) is 3.51. The molecule has 1 N–H and O–H groups in total. The molecule has 1 saturated carbocycles. The molecule has 4 rings (SSSR count). The summed E-state index contributed by atoms with van der Waals surface area (Å²) in [6.45, 7) is 5.79. The minimum absolute atomic E-state index is 0.219. The van der Waals surface area contributed by atoms with E-state index in [1.807, 2.05) is 13.8 Å². The first kappa shape index (κ1) is 18.7. The monoisotopic (exact) mass is 381 g/mol. The van der Waals surface area contributed by atoms with Crippen molar-refractivity contribution < 1.29 is 9.53 Å².